The summed E-state index contributed by atoms with van der Waals surface area (Å²) < 4.78 is 6.87. The molecule has 2 N–H and O–H groups in total. The van der Waals surface area contributed by atoms with Crippen LogP contribution in [-0.4, -0.2) is 58.1 Å². The van der Waals surface area contributed by atoms with Gasteiger partial charge < -0.3 is 20.3 Å². The van der Waals surface area contributed by atoms with Crippen molar-refractivity contribution in [3.63, 3.8) is 0 Å². The van der Waals surface area contributed by atoms with Crippen LogP contribution < -0.4 is 5.73 Å². The number of thiazole rings is 1. The fourth-order valence-electron chi connectivity index (χ4n) is 4.54. The molecule has 2 atom stereocenters. The van der Waals surface area contributed by atoms with Crippen LogP contribution in [0.3, 0.4) is 0 Å². The molecule has 1 aromatic carbocycles. The summed E-state index contributed by atoms with van der Waals surface area (Å²) in [7, 11) is 0. The number of aryl methyl sites for hydroxylation is 1. The van der Waals surface area contributed by atoms with Gasteiger partial charge in [-0.1, -0.05) is 11.3 Å². The Bertz CT molecular complexity index is 926. The molecule has 2 aromatic rings. The first kappa shape index (κ1) is 15.1. The van der Waals surface area contributed by atoms with Gasteiger partial charge in [0.2, 0.25) is 5.91 Å². The van der Waals surface area contributed by atoms with Crippen LogP contribution in [0, 0.1) is 6.92 Å². The van der Waals surface area contributed by atoms with Gasteiger partial charge in [-0.25, -0.2) is 4.98 Å². The van der Waals surface area contributed by atoms with Crippen LogP contribution in [0.25, 0.3) is 10.2 Å². The standard InChI is InChI=1S/C17H18N4O3S/c1-9-6-10(7-11-14(9)19-16(18)25-11)15(23)20-3-2-17-12(20)8-13(22)21(17)4-5-24-17/h6-7,12H,2-5,8H2,1H3,(H2,18,19)/t12-,17+/m1/s1. The average Bonchev–Trinajstić information content (AvgIpc) is 3.28. The normalized spacial score (nSPS) is 28.0. The van der Waals surface area contributed by atoms with Gasteiger partial charge in [0.05, 0.1) is 29.3 Å². The average molecular weight is 358 g/mol. The van der Waals surface area contributed by atoms with E-state index in [0.29, 0.717) is 43.2 Å². The van der Waals surface area contributed by atoms with E-state index in [2.05, 4.69) is 4.98 Å². The molecule has 0 unspecified atom stereocenters. The number of fused-ring (bicyclic) bond motifs is 1. The molecule has 130 valence electrons. The molecule has 8 heteroatoms. The smallest absolute Gasteiger partial charge is 0.254 e. The second-order valence-corrected chi connectivity index (χ2v) is 7.96. The summed E-state index contributed by atoms with van der Waals surface area (Å²) in [5.41, 5.74) is 7.61. The Morgan fingerprint density at radius 3 is 3.12 bits per heavy atom. The Morgan fingerprint density at radius 2 is 2.28 bits per heavy atom. The van der Waals surface area contributed by atoms with Gasteiger partial charge in [-0.05, 0) is 24.6 Å². The highest BCUT2D eigenvalue weighted by Crippen LogP contribution is 2.46. The lowest BCUT2D eigenvalue weighted by Crippen LogP contribution is -2.48. The lowest BCUT2D eigenvalue weighted by molar-refractivity contribution is -0.136. The number of amides is 2. The molecule has 25 heavy (non-hydrogen) atoms. The maximum Gasteiger partial charge on any atom is 0.254 e. The van der Waals surface area contributed by atoms with Gasteiger partial charge in [-0.15, -0.1) is 0 Å². The number of hydrogen-bond donors (Lipinski definition) is 1. The van der Waals surface area contributed by atoms with Crippen molar-refractivity contribution >= 4 is 38.5 Å². The van der Waals surface area contributed by atoms with Crippen molar-refractivity contribution in [2.45, 2.75) is 31.5 Å². The molecule has 1 aromatic heterocycles. The van der Waals surface area contributed by atoms with Gasteiger partial charge in [-0.2, -0.15) is 0 Å². The van der Waals surface area contributed by atoms with E-state index in [4.69, 9.17) is 10.5 Å². The molecule has 5 rings (SSSR count). The third kappa shape index (κ3) is 1.92. The van der Waals surface area contributed by atoms with E-state index in [1.807, 2.05) is 28.9 Å². The molecule has 0 radical (unpaired) electrons. The van der Waals surface area contributed by atoms with Crippen molar-refractivity contribution < 1.29 is 14.3 Å². The zero-order valence-corrected chi connectivity index (χ0v) is 14.6. The van der Waals surface area contributed by atoms with Gasteiger partial charge in [-0.3, -0.25) is 9.59 Å². The molecule has 4 heterocycles. The number of nitrogens with zero attached hydrogens (tertiary/aromatic N) is 3. The van der Waals surface area contributed by atoms with Crippen molar-refractivity contribution in [1.29, 1.82) is 0 Å². The molecule has 7 nitrogen and oxygen atoms in total. The van der Waals surface area contributed by atoms with Gasteiger partial charge in [0.1, 0.15) is 0 Å². The number of nitrogens with two attached hydrogens (primary N) is 1. The summed E-state index contributed by atoms with van der Waals surface area (Å²) in [4.78, 5) is 33.4. The number of nitrogen functional groups attached to an aromatic ring is 1. The van der Waals surface area contributed by atoms with E-state index < -0.39 is 5.72 Å². The number of rotatable bonds is 1. The molecule has 0 bridgehead atoms. The highest BCUT2D eigenvalue weighted by molar-refractivity contribution is 7.22. The zero-order valence-electron chi connectivity index (χ0n) is 13.8. The molecule has 2 amide bonds. The van der Waals surface area contributed by atoms with E-state index in [1.165, 1.54) is 11.3 Å². The highest BCUT2D eigenvalue weighted by atomic mass is 32.1. The first-order valence-corrected chi connectivity index (χ1v) is 9.23. The number of carbonyl (C=O) groups is 2. The number of aromatic nitrogens is 1. The number of hydrogen-bond acceptors (Lipinski definition) is 6. The first-order valence-electron chi connectivity index (χ1n) is 8.42. The largest absolute Gasteiger partial charge is 0.375 e. The first-order chi connectivity index (χ1) is 12.0. The number of carbonyl (C=O) groups excluding carboxylic acids is 2. The Balaban J connectivity index is 1.52. The number of likely N-dealkylation sites (tertiary alicyclic amines) is 1. The molecular formula is C17H18N4O3S. The maximum atomic E-state index is 13.2. The molecule has 3 fully saturated rings. The van der Waals surface area contributed by atoms with Crippen molar-refractivity contribution in [2.24, 2.45) is 0 Å². The Kier molecular flexibility index (Phi) is 2.97. The van der Waals surface area contributed by atoms with Crippen LogP contribution in [0.1, 0.15) is 28.8 Å². The zero-order chi connectivity index (χ0) is 17.3. The second kappa shape index (κ2) is 4.92. The summed E-state index contributed by atoms with van der Waals surface area (Å²) in [6.45, 7) is 3.72. The molecular weight excluding hydrogens is 340 g/mol. The van der Waals surface area contributed by atoms with Crippen molar-refractivity contribution in [3.05, 3.63) is 23.3 Å². The van der Waals surface area contributed by atoms with Crippen LogP contribution >= 0.6 is 11.3 Å². The fourth-order valence-corrected chi connectivity index (χ4v) is 5.39. The molecule has 3 aliphatic heterocycles. The number of anilines is 1. The summed E-state index contributed by atoms with van der Waals surface area (Å²) in [6.07, 6.45) is 1.03. The van der Waals surface area contributed by atoms with Crippen LogP contribution in [0.15, 0.2) is 12.1 Å². The van der Waals surface area contributed by atoms with Crippen LogP contribution in [-0.2, 0) is 9.53 Å². The van der Waals surface area contributed by atoms with E-state index in [0.717, 1.165) is 15.8 Å². The Hall–Kier alpha value is -2.19. The van der Waals surface area contributed by atoms with Crippen LogP contribution in [0.4, 0.5) is 5.13 Å². The molecule has 0 saturated carbocycles. The SMILES string of the molecule is Cc1cc(C(=O)N2CC[C@@]34OCCN3C(=O)C[C@@H]24)cc2sc(N)nc12. The molecule has 3 aliphatic rings. The van der Waals surface area contributed by atoms with E-state index in [-0.39, 0.29) is 17.9 Å². The second-order valence-electron chi connectivity index (χ2n) is 6.90. The summed E-state index contributed by atoms with van der Waals surface area (Å²) in [5, 5.41) is 0.499. The minimum atomic E-state index is -0.596. The highest BCUT2D eigenvalue weighted by Gasteiger charge is 2.62. The van der Waals surface area contributed by atoms with Crippen molar-refractivity contribution in [1.82, 2.24) is 14.8 Å². The van der Waals surface area contributed by atoms with Crippen molar-refractivity contribution in [2.75, 3.05) is 25.4 Å². The quantitative estimate of drug-likeness (QED) is 0.831. The van der Waals surface area contributed by atoms with Crippen molar-refractivity contribution in [3.8, 4) is 0 Å². The van der Waals surface area contributed by atoms with Gasteiger partial charge >= 0.3 is 0 Å². The Labute approximate surface area is 148 Å². The third-order valence-electron chi connectivity index (χ3n) is 5.61. The summed E-state index contributed by atoms with van der Waals surface area (Å²) >= 11 is 1.38. The van der Waals surface area contributed by atoms with E-state index in [9.17, 15) is 9.59 Å². The van der Waals surface area contributed by atoms with Gasteiger partial charge in [0, 0.05) is 25.1 Å². The fraction of sp³-hybridized carbons (Fsp3) is 0.471. The number of benzene rings is 1. The predicted octanol–water partition coefficient (Wildman–Crippen LogP) is 1.36. The number of ether oxygens (including phenoxy) is 1. The van der Waals surface area contributed by atoms with Gasteiger partial charge in [0.25, 0.3) is 5.91 Å². The van der Waals surface area contributed by atoms with E-state index >= 15 is 0 Å². The van der Waals surface area contributed by atoms with Crippen LogP contribution in [0.2, 0.25) is 0 Å². The summed E-state index contributed by atoms with van der Waals surface area (Å²) in [5.74, 6) is 0.0332. The van der Waals surface area contributed by atoms with E-state index in [1.54, 1.807) is 0 Å². The molecule has 1 spiro atoms. The monoisotopic (exact) mass is 358 g/mol. The van der Waals surface area contributed by atoms with Gasteiger partial charge in [0.15, 0.2) is 10.9 Å². The molecule has 3 saturated heterocycles. The Morgan fingerprint density at radius 1 is 1.44 bits per heavy atom. The lowest BCUT2D eigenvalue weighted by atomic mass is 10.0. The minimum Gasteiger partial charge on any atom is -0.375 e. The molecule has 0 aliphatic carbocycles. The predicted molar refractivity (Wildman–Crippen MR) is 93.2 cm³/mol. The minimum absolute atomic E-state index is 0.0519. The third-order valence-corrected chi connectivity index (χ3v) is 6.44. The topological polar surface area (TPSA) is 88.8 Å². The summed E-state index contributed by atoms with van der Waals surface area (Å²) in [6, 6.07) is 3.52. The lowest BCUT2D eigenvalue weighted by Gasteiger charge is -2.31. The van der Waals surface area contributed by atoms with Crippen LogP contribution in [0.5, 0.6) is 0 Å². The maximum absolute atomic E-state index is 13.2.